The normalized spacial score (nSPS) is 14.6. The van der Waals surface area contributed by atoms with Crippen LogP contribution in [0.15, 0.2) is 0 Å². The van der Waals surface area contributed by atoms with Crippen molar-refractivity contribution in [3.63, 3.8) is 0 Å². The fourth-order valence-electron chi connectivity index (χ4n) is 1.22. The summed E-state index contributed by atoms with van der Waals surface area (Å²) in [7, 11) is 0. The van der Waals surface area contributed by atoms with E-state index in [-0.39, 0.29) is 18.6 Å². The Morgan fingerprint density at radius 3 is 1.95 bits per heavy atom. The Balaban J connectivity index is 0. The predicted molar refractivity (Wildman–Crippen MR) is 71.9 cm³/mol. The molecule has 0 saturated heterocycles. The van der Waals surface area contributed by atoms with Gasteiger partial charge in [0.1, 0.15) is 5.25 Å². The molecule has 0 bridgehead atoms. The molecule has 0 heterocycles. The molecule has 0 aromatic rings. The minimum atomic E-state index is -4.35. The van der Waals surface area contributed by atoms with Gasteiger partial charge in [-0.25, -0.2) is 0 Å². The highest BCUT2D eigenvalue weighted by Gasteiger charge is 2.39. The molecule has 0 aromatic carbocycles. The maximum absolute atomic E-state index is 12.4. The van der Waals surface area contributed by atoms with Crippen molar-refractivity contribution in [2.45, 2.75) is 42.1 Å². The summed E-state index contributed by atoms with van der Waals surface area (Å²) in [4.78, 5) is 14.0. The SMILES string of the molecule is CSC(CCC(C#N)SCCC(F)(F)F)C(F)(F)F.O=O. The minimum absolute atomic E-state index is 0.0654. The lowest BCUT2D eigenvalue weighted by atomic mass is 10.2. The van der Waals surface area contributed by atoms with Crippen molar-refractivity contribution in [1.29, 1.82) is 5.26 Å². The minimum Gasteiger partial charge on any atom is -0.197 e. The zero-order valence-corrected chi connectivity index (χ0v) is 12.5. The van der Waals surface area contributed by atoms with E-state index in [4.69, 9.17) is 15.2 Å². The molecule has 0 aromatic heterocycles. The standard InChI is InChI=1S/C10H13F6NS2.O2/c1-18-8(10(14,15)16)3-2-7(6-17)19-5-4-9(11,12)13;1-2/h7-8H,2-5H2,1H3;. The second-order valence-electron chi connectivity index (χ2n) is 3.70. The molecule has 2 unspecified atom stereocenters. The van der Waals surface area contributed by atoms with Crippen LogP contribution < -0.4 is 0 Å². The van der Waals surface area contributed by atoms with Gasteiger partial charge in [0.2, 0.25) is 0 Å². The van der Waals surface area contributed by atoms with Gasteiger partial charge in [-0.05, 0) is 19.1 Å². The van der Waals surface area contributed by atoms with Crippen LogP contribution in [0, 0.1) is 21.3 Å². The van der Waals surface area contributed by atoms with E-state index in [9.17, 15) is 26.3 Å². The van der Waals surface area contributed by atoms with Crippen molar-refractivity contribution in [3.8, 4) is 6.07 Å². The van der Waals surface area contributed by atoms with Crippen LogP contribution in [0.25, 0.3) is 0 Å². The fourth-order valence-corrected chi connectivity index (χ4v) is 2.87. The van der Waals surface area contributed by atoms with Crippen LogP contribution in [0.1, 0.15) is 19.3 Å². The van der Waals surface area contributed by atoms with E-state index in [0.29, 0.717) is 11.8 Å². The summed E-state index contributed by atoms with van der Waals surface area (Å²) < 4.78 is 72.9. The average molecular weight is 357 g/mol. The zero-order chi connectivity index (χ0) is 17.1. The Labute approximate surface area is 126 Å². The van der Waals surface area contributed by atoms with Crippen LogP contribution in [0.4, 0.5) is 26.3 Å². The summed E-state index contributed by atoms with van der Waals surface area (Å²) >= 11 is 1.39. The second kappa shape index (κ2) is 11.0. The summed E-state index contributed by atoms with van der Waals surface area (Å²) in [5.74, 6) is -0.308. The second-order valence-corrected chi connectivity index (χ2v) is 6.05. The van der Waals surface area contributed by atoms with Gasteiger partial charge in [0.05, 0.1) is 17.7 Å². The van der Waals surface area contributed by atoms with Crippen molar-refractivity contribution in [1.82, 2.24) is 0 Å². The molecule has 0 aliphatic carbocycles. The number of rotatable bonds is 7. The summed E-state index contributed by atoms with van der Waals surface area (Å²) in [5.41, 5.74) is 0. The van der Waals surface area contributed by atoms with Crippen molar-refractivity contribution in [2.24, 2.45) is 0 Å². The van der Waals surface area contributed by atoms with E-state index >= 15 is 0 Å². The fraction of sp³-hybridized carbons (Fsp3) is 0.900. The van der Waals surface area contributed by atoms with Crippen molar-refractivity contribution in [3.05, 3.63) is 9.93 Å². The molecule has 3 nitrogen and oxygen atoms in total. The first-order chi connectivity index (χ1) is 9.60. The average Bonchev–Trinajstić information content (AvgIpc) is 2.36. The van der Waals surface area contributed by atoms with Gasteiger partial charge in [0.15, 0.2) is 0 Å². The summed E-state index contributed by atoms with van der Waals surface area (Å²) in [6.07, 6.45) is -8.71. The van der Waals surface area contributed by atoms with Gasteiger partial charge in [-0.3, -0.25) is 0 Å². The van der Waals surface area contributed by atoms with Crippen LogP contribution in [0.5, 0.6) is 0 Å². The van der Waals surface area contributed by atoms with E-state index in [1.54, 1.807) is 6.07 Å². The van der Waals surface area contributed by atoms with Crippen LogP contribution in [-0.4, -0.2) is 34.9 Å². The molecule has 0 rings (SSSR count). The van der Waals surface area contributed by atoms with Gasteiger partial charge < -0.3 is 0 Å². The molecule has 0 spiro atoms. The number of thioether (sulfide) groups is 2. The first-order valence-corrected chi connectivity index (χ1v) is 7.78. The third-order valence-electron chi connectivity index (χ3n) is 2.19. The molecule has 0 aliphatic rings. The molecule has 21 heavy (non-hydrogen) atoms. The first kappa shape index (κ1) is 22.6. The number of nitriles is 1. The Kier molecular flexibility index (Phi) is 11.9. The van der Waals surface area contributed by atoms with Gasteiger partial charge in [0.25, 0.3) is 0 Å². The van der Waals surface area contributed by atoms with Gasteiger partial charge >= 0.3 is 12.4 Å². The molecule has 0 saturated carbocycles. The maximum atomic E-state index is 12.4. The van der Waals surface area contributed by atoms with Gasteiger partial charge in [-0.1, -0.05) is 0 Å². The smallest absolute Gasteiger partial charge is 0.197 e. The molecule has 2 atom stereocenters. The number of nitrogens with zero attached hydrogens (tertiary/aromatic N) is 1. The Morgan fingerprint density at radius 1 is 1.10 bits per heavy atom. The van der Waals surface area contributed by atoms with E-state index in [0.717, 1.165) is 11.8 Å². The topological polar surface area (TPSA) is 57.9 Å². The van der Waals surface area contributed by atoms with Crippen LogP contribution in [0.3, 0.4) is 0 Å². The van der Waals surface area contributed by atoms with Crippen LogP contribution in [0.2, 0.25) is 0 Å². The maximum Gasteiger partial charge on any atom is 0.400 e. The molecule has 0 radical (unpaired) electrons. The van der Waals surface area contributed by atoms with Gasteiger partial charge in [0, 0.05) is 15.7 Å². The van der Waals surface area contributed by atoms with Crippen molar-refractivity contribution in [2.75, 3.05) is 12.0 Å². The summed E-state index contributed by atoms with van der Waals surface area (Å²) in [6.45, 7) is 0. The third kappa shape index (κ3) is 12.8. The Morgan fingerprint density at radius 2 is 1.62 bits per heavy atom. The number of halogens is 6. The van der Waals surface area contributed by atoms with Crippen LogP contribution in [-0.2, 0) is 0 Å². The van der Waals surface area contributed by atoms with E-state index < -0.39 is 29.3 Å². The molecule has 0 aliphatic heterocycles. The molecular formula is C10H13F6NO2S2. The highest BCUT2D eigenvalue weighted by Crippen LogP contribution is 2.34. The third-order valence-corrected chi connectivity index (χ3v) is 4.44. The quantitative estimate of drug-likeness (QED) is 0.618. The molecule has 0 amide bonds. The predicted octanol–water partition coefficient (Wildman–Crippen LogP) is 4.71. The number of alkyl halides is 6. The van der Waals surface area contributed by atoms with Crippen molar-refractivity contribution >= 4 is 23.5 Å². The lowest BCUT2D eigenvalue weighted by Gasteiger charge is -2.19. The lowest BCUT2D eigenvalue weighted by molar-refractivity contribution is -0.130. The lowest BCUT2D eigenvalue weighted by Crippen LogP contribution is -2.26. The number of hydrogen-bond acceptors (Lipinski definition) is 5. The molecule has 0 N–H and O–H groups in total. The highest BCUT2D eigenvalue weighted by atomic mass is 32.2. The zero-order valence-electron chi connectivity index (χ0n) is 10.8. The largest absolute Gasteiger partial charge is 0.400 e. The Bertz CT molecular complexity index is 318. The molecule has 124 valence electrons. The molecule has 0 fully saturated rings. The van der Waals surface area contributed by atoms with Gasteiger partial charge in [-0.15, -0.1) is 11.8 Å². The summed E-state index contributed by atoms with van der Waals surface area (Å²) in [5, 5.41) is 6.29. The highest BCUT2D eigenvalue weighted by molar-refractivity contribution is 8.00. The first-order valence-electron chi connectivity index (χ1n) is 5.44. The summed E-state index contributed by atoms with van der Waals surface area (Å²) in [6, 6.07) is 1.74. The van der Waals surface area contributed by atoms with E-state index in [1.165, 1.54) is 6.26 Å². The molecular weight excluding hydrogens is 344 g/mol. The number of hydrogen-bond donors (Lipinski definition) is 0. The Hall–Kier alpha value is -0.630. The van der Waals surface area contributed by atoms with E-state index in [1.807, 2.05) is 0 Å². The van der Waals surface area contributed by atoms with Gasteiger partial charge in [-0.2, -0.15) is 43.4 Å². The monoisotopic (exact) mass is 357 g/mol. The van der Waals surface area contributed by atoms with E-state index in [2.05, 4.69) is 0 Å². The van der Waals surface area contributed by atoms with Crippen molar-refractivity contribution < 1.29 is 26.3 Å². The molecule has 11 heteroatoms. The van der Waals surface area contributed by atoms with Crippen LogP contribution >= 0.6 is 23.5 Å².